The predicted octanol–water partition coefficient (Wildman–Crippen LogP) is 0.896. The van der Waals surface area contributed by atoms with Crippen molar-refractivity contribution < 1.29 is 15.0 Å². The maximum Gasteiger partial charge on any atom is 0.303 e. The zero-order valence-corrected chi connectivity index (χ0v) is 8.95. The highest BCUT2D eigenvalue weighted by Crippen LogP contribution is 2.14. The van der Waals surface area contributed by atoms with Gasteiger partial charge in [0.25, 0.3) is 0 Å². The lowest BCUT2D eigenvalue weighted by molar-refractivity contribution is -0.136. The zero-order valence-electron chi connectivity index (χ0n) is 8.95. The number of hydrogen-bond acceptors (Lipinski definition) is 3. The molecule has 0 heterocycles. The van der Waals surface area contributed by atoms with E-state index in [0.29, 0.717) is 6.42 Å². The number of aliphatic hydroxyl groups excluding tert-OH is 1. The van der Waals surface area contributed by atoms with Crippen molar-refractivity contribution in [3.8, 4) is 0 Å². The van der Waals surface area contributed by atoms with E-state index in [1.165, 1.54) is 0 Å². The van der Waals surface area contributed by atoms with Crippen LogP contribution in [-0.2, 0) is 4.79 Å². The van der Waals surface area contributed by atoms with Crippen LogP contribution in [0.1, 0.15) is 33.6 Å². The van der Waals surface area contributed by atoms with Crippen LogP contribution in [0.5, 0.6) is 0 Å². The molecular weight excluding hydrogens is 182 g/mol. The molecule has 0 aliphatic carbocycles. The Bertz CT molecular complexity index is 234. The van der Waals surface area contributed by atoms with Crippen molar-refractivity contribution in [3.05, 3.63) is 11.1 Å². The van der Waals surface area contributed by atoms with Crippen molar-refractivity contribution in [3.63, 3.8) is 0 Å². The number of carboxylic acids is 1. The Morgan fingerprint density at radius 2 is 1.86 bits per heavy atom. The normalized spacial score (nSPS) is 17.2. The van der Waals surface area contributed by atoms with E-state index in [-0.39, 0.29) is 6.42 Å². The Kier molecular flexibility index (Phi) is 5.42. The van der Waals surface area contributed by atoms with Gasteiger partial charge in [0, 0.05) is 6.42 Å². The number of hydrogen-bond donors (Lipinski definition) is 3. The van der Waals surface area contributed by atoms with Crippen molar-refractivity contribution >= 4 is 5.97 Å². The van der Waals surface area contributed by atoms with Gasteiger partial charge in [-0.3, -0.25) is 4.79 Å². The number of carboxylic acid groups (broad SMARTS) is 1. The molecule has 2 unspecified atom stereocenters. The molecule has 0 radical (unpaired) electrons. The van der Waals surface area contributed by atoms with Gasteiger partial charge in [-0.2, -0.15) is 0 Å². The summed E-state index contributed by atoms with van der Waals surface area (Å²) < 4.78 is 0. The van der Waals surface area contributed by atoms with E-state index in [2.05, 4.69) is 0 Å². The van der Waals surface area contributed by atoms with Crippen LogP contribution >= 0.6 is 0 Å². The number of carbonyl (C=O) groups is 1. The molecule has 4 heteroatoms. The number of rotatable bonds is 5. The van der Waals surface area contributed by atoms with Gasteiger partial charge < -0.3 is 15.9 Å². The fourth-order valence-corrected chi connectivity index (χ4v) is 1.14. The minimum Gasteiger partial charge on any atom is -0.481 e. The molecule has 14 heavy (non-hydrogen) atoms. The summed E-state index contributed by atoms with van der Waals surface area (Å²) in [6.07, 6.45) is -0.00752. The van der Waals surface area contributed by atoms with E-state index in [0.717, 1.165) is 11.1 Å². The third-order valence-corrected chi connectivity index (χ3v) is 2.41. The second-order valence-corrected chi connectivity index (χ2v) is 3.62. The van der Waals surface area contributed by atoms with Crippen molar-refractivity contribution in [2.24, 2.45) is 5.73 Å². The van der Waals surface area contributed by atoms with Gasteiger partial charge in [0.05, 0.1) is 12.1 Å². The molecule has 0 fully saturated rings. The van der Waals surface area contributed by atoms with Gasteiger partial charge in [0.1, 0.15) is 0 Å². The summed E-state index contributed by atoms with van der Waals surface area (Å²) in [4.78, 5) is 10.3. The lowest BCUT2D eigenvalue weighted by Crippen LogP contribution is -2.34. The molecule has 0 saturated carbocycles. The van der Waals surface area contributed by atoms with E-state index in [1.54, 1.807) is 6.92 Å². The lowest BCUT2D eigenvalue weighted by Gasteiger charge is -2.18. The van der Waals surface area contributed by atoms with Crippen molar-refractivity contribution in [1.29, 1.82) is 0 Å². The van der Waals surface area contributed by atoms with Crippen LogP contribution in [-0.4, -0.2) is 28.3 Å². The van der Waals surface area contributed by atoms with E-state index in [1.807, 2.05) is 13.8 Å². The Morgan fingerprint density at radius 3 is 2.21 bits per heavy atom. The Hall–Kier alpha value is -0.870. The van der Waals surface area contributed by atoms with Crippen LogP contribution in [0.3, 0.4) is 0 Å². The summed E-state index contributed by atoms with van der Waals surface area (Å²) >= 11 is 0. The summed E-state index contributed by atoms with van der Waals surface area (Å²) in [6, 6.07) is -0.399. The maximum atomic E-state index is 10.3. The lowest BCUT2D eigenvalue weighted by atomic mass is 9.97. The fraction of sp³-hybridized carbons (Fsp3) is 0.700. The summed E-state index contributed by atoms with van der Waals surface area (Å²) in [5.41, 5.74) is 7.53. The molecule has 0 rings (SSSR count). The predicted molar refractivity (Wildman–Crippen MR) is 54.9 cm³/mol. The van der Waals surface area contributed by atoms with Gasteiger partial charge in [-0.1, -0.05) is 11.1 Å². The molecular formula is C10H19NO3. The minimum atomic E-state index is -0.817. The molecule has 0 bridgehead atoms. The number of aliphatic hydroxyl groups is 1. The van der Waals surface area contributed by atoms with Crippen molar-refractivity contribution in [1.82, 2.24) is 0 Å². The van der Waals surface area contributed by atoms with E-state index in [4.69, 9.17) is 10.8 Å². The third kappa shape index (κ3) is 4.39. The van der Waals surface area contributed by atoms with Crippen LogP contribution in [0.2, 0.25) is 0 Å². The quantitative estimate of drug-likeness (QED) is 0.577. The molecule has 2 atom stereocenters. The monoisotopic (exact) mass is 201 g/mol. The Labute approximate surface area is 84.4 Å². The van der Waals surface area contributed by atoms with Gasteiger partial charge in [-0.25, -0.2) is 0 Å². The summed E-state index contributed by atoms with van der Waals surface area (Å²) in [6.45, 7) is 5.30. The second kappa shape index (κ2) is 5.78. The highest BCUT2D eigenvalue weighted by atomic mass is 16.4. The van der Waals surface area contributed by atoms with E-state index >= 15 is 0 Å². The van der Waals surface area contributed by atoms with Crippen LogP contribution in [0.25, 0.3) is 0 Å². The molecule has 0 aromatic rings. The average Bonchev–Trinajstić information content (AvgIpc) is 2.11. The van der Waals surface area contributed by atoms with Gasteiger partial charge >= 0.3 is 5.97 Å². The molecule has 0 spiro atoms. The first-order valence-electron chi connectivity index (χ1n) is 4.68. The van der Waals surface area contributed by atoms with Crippen molar-refractivity contribution in [2.75, 3.05) is 0 Å². The first-order valence-corrected chi connectivity index (χ1v) is 4.68. The molecule has 4 N–H and O–H groups in total. The first-order chi connectivity index (χ1) is 6.36. The molecule has 0 aliphatic rings. The molecule has 4 nitrogen and oxygen atoms in total. The average molecular weight is 201 g/mol. The fourth-order valence-electron chi connectivity index (χ4n) is 1.14. The highest BCUT2D eigenvalue weighted by molar-refractivity contribution is 5.67. The number of aliphatic carboxylic acids is 1. The van der Waals surface area contributed by atoms with Crippen LogP contribution in [0.15, 0.2) is 11.1 Å². The molecule has 0 saturated heterocycles. The Balaban J connectivity index is 4.35. The maximum absolute atomic E-state index is 10.3. The van der Waals surface area contributed by atoms with Gasteiger partial charge in [0.2, 0.25) is 0 Å². The highest BCUT2D eigenvalue weighted by Gasteiger charge is 2.13. The Morgan fingerprint density at radius 1 is 1.36 bits per heavy atom. The topological polar surface area (TPSA) is 83.5 Å². The standard InChI is InChI=1S/C10H19NO3/c1-6(4-5-9(13)14)7(2)10(11)8(3)12/h8,10,12H,4-5,11H2,1-3H3,(H,13,14)/b7-6+. The summed E-state index contributed by atoms with van der Waals surface area (Å²) in [5.74, 6) is -0.817. The second-order valence-electron chi connectivity index (χ2n) is 3.62. The molecule has 0 amide bonds. The van der Waals surface area contributed by atoms with Gasteiger partial charge in [-0.05, 0) is 27.2 Å². The van der Waals surface area contributed by atoms with Gasteiger partial charge in [-0.15, -0.1) is 0 Å². The van der Waals surface area contributed by atoms with E-state index < -0.39 is 18.1 Å². The number of nitrogens with two attached hydrogens (primary N) is 1. The molecule has 0 aliphatic heterocycles. The molecule has 82 valence electrons. The zero-order chi connectivity index (χ0) is 11.3. The van der Waals surface area contributed by atoms with Crippen LogP contribution in [0.4, 0.5) is 0 Å². The van der Waals surface area contributed by atoms with Crippen molar-refractivity contribution in [2.45, 2.75) is 45.8 Å². The van der Waals surface area contributed by atoms with Crippen LogP contribution < -0.4 is 5.73 Å². The number of allylic oxidation sites excluding steroid dienone is 1. The SMILES string of the molecule is C/C(CCC(=O)O)=C(/C)C(N)C(C)O. The summed E-state index contributed by atoms with van der Waals surface area (Å²) in [7, 11) is 0. The largest absolute Gasteiger partial charge is 0.481 e. The molecule has 0 aromatic carbocycles. The smallest absolute Gasteiger partial charge is 0.303 e. The minimum absolute atomic E-state index is 0.107. The van der Waals surface area contributed by atoms with Gasteiger partial charge in [0.15, 0.2) is 0 Å². The first kappa shape index (κ1) is 13.1. The summed E-state index contributed by atoms with van der Waals surface area (Å²) in [5, 5.41) is 17.7. The van der Waals surface area contributed by atoms with E-state index in [9.17, 15) is 9.90 Å². The third-order valence-electron chi connectivity index (χ3n) is 2.41. The molecule has 0 aromatic heterocycles. The van der Waals surface area contributed by atoms with Crippen LogP contribution in [0, 0.1) is 0 Å².